The first-order chi connectivity index (χ1) is 12.3. The summed E-state index contributed by atoms with van der Waals surface area (Å²) in [5.41, 5.74) is 2.77. The number of carbonyl (C=O) groups excluding carboxylic acids is 2. The summed E-state index contributed by atoms with van der Waals surface area (Å²) in [6.07, 6.45) is 0. The summed E-state index contributed by atoms with van der Waals surface area (Å²) >= 11 is 12.1. The number of likely N-dealkylation sites (N-methyl/N-ethyl adjacent to an activating group) is 1. The van der Waals surface area contributed by atoms with Crippen LogP contribution in [-0.4, -0.2) is 32.6 Å². The van der Waals surface area contributed by atoms with Gasteiger partial charge in [0.25, 0.3) is 5.91 Å². The highest BCUT2D eigenvalue weighted by Crippen LogP contribution is 2.20. The standard InChI is InChI=1S/C19H20Cl2N2O3/c1-12-4-5-13(19(25)26-3)8-17(12)22-18(24)11-23(2)10-14-6-7-15(20)9-16(14)21/h4-9H,10-11H2,1-3H3,(H,22,24)/p+1. The third-order valence-electron chi connectivity index (χ3n) is 3.90. The maximum absolute atomic E-state index is 12.4. The van der Waals surface area contributed by atoms with E-state index in [0.717, 1.165) is 16.0 Å². The maximum Gasteiger partial charge on any atom is 0.337 e. The SMILES string of the molecule is COC(=O)c1ccc(C)c(NC(=O)C[NH+](C)Cc2ccc(Cl)cc2Cl)c1. The molecule has 0 heterocycles. The molecule has 7 heteroatoms. The number of carbonyl (C=O) groups is 2. The van der Waals surface area contributed by atoms with Crippen LogP contribution >= 0.6 is 23.2 Å². The van der Waals surface area contributed by atoms with Crippen molar-refractivity contribution in [2.45, 2.75) is 13.5 Å². The highest BCUT2D eigenvalue weighted by molar-refractivity contribution is 6.35. The van der Waals surface area contributed by atoms with E-state index in [1.807, 2.05) is 20.0 Å². The Bertz CT molecular complexity index is 824. The summed E-state index contributed by atoms with van der Waals surface area (Å²) in [4.78, 5) is 25.0. The lowest BCUT2D eigenvalue weighted by Gasteiger charge is -2.16. The van der Waals surface area contributed by atoms with Crippen molar-refractivity contribution < 1.29 is 19.2 Å². The fourth-order valence-electron chi connectivity index (χ4n) is 2.52. The molecule has 2 rings (SSSR count). The van der Waals surface area contributed by atoms with E-state index >= 15 is 0 Å². The molecule has 1 amide bonds. The van der Waals surface area contributed by atoms with Gasteiger partial charge < -0.3 is 15.0 Å². The first kappa shape index (κ1) is 20.2. The molecule has 0 saturated carbocycles. The fourth-order valence-corrected chi connectivity index (χ4v) is 3.00. The number of benzene rings is 2. The van der Waals surface area contributed by atoms with Crippen molar-refractivity contribution in [3.63, 3.8) is 0 Å². The Labute approximate surface area is 162 Å². The van der Waals surface area contributed by atoms with Crippen LogP contribution in [-0.2, 0) is 16.1 Å². The summed E-state index contributed by atoms with van der Waals surface area (Å²) in [6, 6.07) is 10.4. The molecular formula is C19H21Cl2N2O3+. The third kappa shape index (κ3) is 5.46. The maximum atomic E-state index is 12.4. The first-order valence-corrected chi connectivity index (χ1v) is 8.79. The van der Waals surface area contributed by atoms with Crippen molar-refractivity contribution in [2.24, 2.45) is 0 Å². The Hall–Kier alpha value is -2.08. The third-order valence-corrected chi connectivity index (χ3v) is 4.49. The van der Waals surface area contributed by atoms with Gasteiger partial charge in [-0.1, -0.05) is 35.3 Å². The van der Waals surface area contributed by atoms with Gasteiger partial charge in [-0.05, 0) is 36.8 Å². The number of rotatable bonds is 6. The second kappa shape index (κ2) is 9.03. The quantitative estimate of drug-likeness (QED) is 0.739. The summed E-state index contributed by atoms with van der Waals surface area (Å²) in [6.45, 7) is 2.70. The number of halogens is 2. The van der Waals surface area contributed by atoms with E-state index in [4.69, 9.17) is 27.9 Å². The molecule has 0 aliphatic rings. The molecule has 0 aliphatic heterocycles. The zero-order chi connectivity index (χ0) is 19.3. The van der Waals surface area contributed by atoms with Gasteiger partial charge in [0.15, 0.2) is 6.54 Å². The zero-order valence-electron chi connectivity index (χ0n) is 14.9. The Balaban J connectivity index is 2.00. The van der Waals surface area contributed by atoms with Crippen molar-refractivity contribution in [1.82, 2.24) is 0 Å². The predicted molar refractivity (Wildman–Crippen MR) is 103 cm³/mol. The van der Waals surface area contributed by atoms with Gasteiger partial charge in [0.05, 0.1) is 24.7 Å². The van der Waals surface area contributed by atoms with Crippen molar-refractivity contribution in [1.29, 1.82) is 0 Å². The molecule has 0 bridgehead atoms. The van der Waals surface area contributed by atoms with Crippen LogP contribution in [0, 0.1) is 6.92 Å². The van der Waals surface area contributed by atoms with Crippen LogP contribution in [0.3, 0.4) is 0 Å². The van der Waals surface area contributed by atoms with Crippen LogP contribution in [0.15, 0.2) is 36.4 Å². The second-order valence-electron chi connectivity index (χ2n) is 6.12. The number of amides is 1. The van der Waals surface area contributed by atoms with Crippen molar-refractivity contribution in [3.05, 3.63) is 63.1 Å². The van der Waals surface area contributed by atoms with Crippen LogP contribution in [0.1, 0.15) is 21.5 Å². The zero-order valence-corrected chi connectivity index (χ0v) is 16.4. The van der Waals surface area contributed by atoms with Crippen LogP contribution in [0.5, 0.6) is 0 Å². The summed E-state index contributed by atoms with van der Waals surface area (Å²) in [7, 11) is 3.23. The van der Waals surface area contributed by atoms with Gasteiger partial charge in [-0.15, -0.1) is 0 Å². The van der Waals surface area contributed by atoms with Gasteiger partial charge >= 0.3 is 5.97 Å². The molecule has 138 valence electrons. The largest absolute Gasteiger partial charge is 0.465 e. The molecule has 0 spiro atoms. The second-order valence-corrected chi connectivity index (χ2v) is 6.96. The molecule has 2 aromatic rings. The topological polar surface area (TPSA) is 59.8 Å². The molecular weight excluding hydrogens is 375 g/mol. The highest BCUT2D eigenvalue weighted by atomic mass is 35.5. The summed E-state index contributed by atoms with van der Waals surface area (Å²) < 4.78 is 4.71. The molecule has 0 aromatic heterocycles. The van der Waals surface area contributed by atoms with Gasteiger partial charge in [0.1, 0.15) is 6.54 Å². The molecule has 0 aliphatic carbocycles. The van der Waals surface area contributed by atoms with E-state index in [1.165, 1.54) is 7.11 Å². The molecule has 0 radical (unpaired) electrons. The number of quaternary nitrogens is 1. The van der Waals surface area contributed by atoms with Crippen LogP contribution < -0.4 is 10.2 Å². The first-order valence-electron chi connectivity index (χ1n) is 8.04. The lowest BCUT2D eigenvalue weighted by molar-refractivity contribution is -0.885. The van der Waals surface area contributed by atoms with E-state index in [0.29, 0.717) is 27.8 Å². The highest BCUT2D eigenvalue weighted by Gasteiger charge is 2.15. The number of hydrogen-bond donors (Lipinski definition) is 2. The molecule has 2 N–H and O–H groups in total. The van der Waals surface area contributed by atoms with Gasteiger partial charge in [-0.25, -0.2) is 4.79 Å². The smallest absolute Gasteiger partial charge is 0.337 e. The molecule has 1 atom stereocenters. The van der Waals surface area contributed by atoms with Crippen molar-refractivity contribution in [3.8, 4) is 0 Å². The van der Waals surface area contributed by atoms with Crippen molar-refractivity contribution in [2.75, 3.05) is 26.0 Å². The fraction of sp³-hybridized carbons (Fsp3) is 0.263. The summed E-state index contributed by atoms with van der Waals surface area (Å²) in [5.74, 6) is -0.599. The average molecular weight is 396 g/mol. The van der Waals surface area contributed by atoms with Crippen LogP contribution in [0.25, 0.3) is 0 Å². The number of nitrogens with one attached hydrogen (secondary N) is 2. The Morgan fingerprint density at radius 3 is 2.54 bits per heavy atom. The van der Waals surface area contributed by atoms with Gasteiger partial charge in [-0.2, -0.15) is 0 Å². The van der Waals surface area contributed by atoms with Crippen LogP contribution in [0.4, 0.5) is 5.69 Å². The lowest BCUT2D eigenvalue weighted by Crippen LogP contribution is -3.08. The molecule has 0 fully saturated rings. The minimum absolute atomic E-state index is 0.155. The number of methoxy groups -OCH3 is 1. The van der Waals surface area contributed by atoms with Gasteiger partial charge in [0, 0.05) is 16.3 Å². The molecule has 0 saturated heterocycles. The molecule has 26 heavy (non-hydrogen) atoms. The number of hydrogen-bond acceptors (Lipinski definition) is 3. The lowest BCUT2D eigenvalue weighted by atomic mass is 10.1. The van der Waals surface area contributed by atoms with Crippen molar-refractivity contribution >= 4 is 40.8 Å². The minimum atomic E-state index is -0.444. The minimum Gasteiger partial charge on any atom is -0.465 e. The molecule has 1 unspecified atom stereocenters. The molecule has 2 aromatic carbocycles. The number of esters is 1. The number of anilines is 1. The van der Waals surface area contributed by atoms with Gasteiger partial charge in [-0.3, -0.25) is 4.79 Å². The average Bonchev–Trinajstić information content (AvgIpc) is 2.58. The van der Waals surface area contributed by atoms with E-state index in [2.05, 4.69) is 5.32 Å². The summed E-state index contributed by atoms with van der Waals surface area (Å²) in [5, 5.41) is 4.01. The van der Waals surface area contributed by atoms with Gasteiger partial charge in [0.2, 0.25) is 0 Å². The predicted octanol–water partition coefficient (Wildman–Crippen LogP) is 2.74. The van der Waals surface area contributed by atoms with E-state index < -0.39 is 5.97 Å². The normalized spacial score (nSPS) is 11.7. The number of aryl methyl sites for hydroxylation is 1. The Kier molecular flexibility index (Phi) is 7.03. The Morgan fingerprint density at radius 2 is 1.88 bits per heavy atom. The van der Waals surface area contributed by atoms with E-state index in [1.54, 1.807) is 30.3 Å². The molecule has 5 nitrogen and oxygen atoms in total. The monoisotopic (exact) mass is 395 g/mol. The van der Waals surface area contributed by atoms with E-state index in [-0.39, 0.29) is 12.5 Å². The van der Waals surface area contributed by atoms with Crippen LogP contribution in [0.2, 0.25) is 10.0 Å². The Morgan fingerprint density at radius 1 is 1.15 bits per heavy atom. The van der Waals surface area contributed by atoms with E-state index in [9.17, 15) is 9.59 Å². The number of ether oxygens (including phenoxy) is 1.